The normalized spacial score (nSPS) is 16.5. The summed E-state index contributed by atoms with van der Waals surface area (Å²) in [4.78, 5) is 14.2. The summed E-state index contributed by atoms with van der Waals surface area (Å²) in [6.45, 7) is 1.80. The number of fused-ring (bicyclic) bond motifs is 1. The molecule has 0 bridgehead atoms. The summed E-state index contributed by atoms with van der Waals surface area (Å²) in [7, 11) is -3.79. The molecule has 8 heteroatoms. The average molecular weight is 437 g/mol. The molecule has 2 heterocycles. The van der Waals surface area contributed by atoms with Gasteiger partial charge < -0.3 is 9.64 Å². The topological polar surface area (TPSA) is 75.7 Å². The molecule has 0 aromatic heterocycles. The molecule has 2 aromatic rings. The molecule has 2 aromatic carbocycles. The second-order valence-corrected chi connectivity index (χ2v) is 8.91. The molecule has 1 fully saturated rings. The maximum atomic E-state index is 12.9. The molecule has 0 amide bonds. The Balaban J connectivity index is 1.79. The van der Waals surface area contributed by atoms with Crippen LogP contribution in [0.25, 0.3) is 0 Å². The van der Waals surface area contributed by atoms with E-state index in [2.05, 4.69) is 25.6 Å². The molecular formula is C18H17BrN2O4S. The van der Waals surface area contributed by atoms with Crippen molar-refractivity contribution < 1.29 is 17.9 Å². The number of hydrogen-bond acceptors (Lipinski definition) is 5. The molecule has 1 N–H and O–H groups in total. The van der Waals surface area contributed by atoms with Crippen molar-refractivity contribution in [2.45, 2.75) is 24.3 Å². The predicted octanol–water partition coefficient (Wildman–Crippen LogP) is 3.52. The first-order valence-electron chi connectivity index (χ1n) is 8.32. The average Bonchev–Trinajstić information content (AvgIpc) is 3.26. The van der Waals surface area contributed by atoms with E-state index in [4.69, 9.17) is 4.74 Å². The van der Waals surface area contributed by atoms with Crippen LogP contribution in [-0.2, 0) is 21.4 Å². The van der Waals surface area contributed by atoms with Gasteiger partial charge in [-0.25, -0.2) is 13.2 Å². The van der Waals surface area contributed by atoms with Gasteiger partial charge in [-0.05, 0) is 49.2 Å². The fraction of sp³-hybridized carbons (Fsp3) is 0.278. The Hall–Kier alpha value is -2.06. The lowest BCUT2D eigenvalue weighted by Crippen LogP contribution is -2.22. The van der Waals surface area contributed by atoms with Gasteiger partial charge in [0.1, 0.15) is 6.61 Å². The largest absolute Gasteiger partial charge is 0.457 e. The highest BCUT2D eigenvalue weighted by Gasteiger charge is 2.30. The van der Waals surface area contributed by atoms with Gasteiger partial charge in [-0.15, -0.1) is 0 Å². The second kappa shape index (κ2) is 6.59. The third-order valence-corrected chi connectivity index (χ3v) is 6.56. The van der Waals surface area contributed by atoms with Gasteiger partial charge in [0.2, 0.25) is 0 Å². The number of anilines is 2. The van der Waals surface area contributed by atoms with Crippen molar-refractivity contribution in [3.63, 3.8) is 0 Å². The lowest BCUT2D eigenvalue weighted by atomic mass is 10.1. The van der Waals surface area contributed by atoms with E-state index < -0.39 is 16.0 Å². The minimum absolute atomic E-state index is 0.0774. The number of carbonyl (C=O) groups is 1. The number of nitrogens with zero attached hydrogens (tertiary/aromatic N) is 1. The number of carbonyl (C=O) groups excluding carboxylic acids is 1. The highest BCUT2D eigenvalue weighted by molar-refractivity contribution is 9.10. The van der Waals surface area contributed by atoms with Crippen LogP contribution in [0.4, 0.5) is 11.4 Å². The van der Waals surface area contributed by atoms with Crippen molar-refractivity contribution in [1.29, 1.82) is 0 Å². The van der Waals surface area contributed by atoms with Crippen molar-refractivity contribution in [2.75, 3.05) is 22.7 Å². The van der Waals surface area contributed by atoms with Crippen LogP contribution in [0.3, 0.4) is 0 Å². The Morgan fingerprint density at radius 3 is 2.42 bits per heavy atom. The Bertz CT molecular complexity index is 967. The Labute approximate surface area is 160 Å². The first kappa shape index (κ1) is 17.4. The highest BCUT2D eigenvalue weighted by Crippen LogP contribution is 2.38. The van der Waals surface area contributed by atoms with Crippen molar-refractivity contribution in [2.24, 2.45) is 0 Å². The van der Waals surface area contributed by atoms with Crippen molar-refractivity contribution >= 4 is 43.3 Å². The molecular weight excluding hydrogens is 420 g/mol. The van der Waals surface area contributed by atoms with E-state index in [9.17, 15) is 13.2 Å². The summed E-state index contributed by atoms with van der Waals surface area (Å²) < 4.78 is 34.4. The monoisotopic (exact) mass is 436 g/mol. The Morgan fingerprint density at radius 2 is 1.73 bits per heavy atom. The minimum Gasteiger partial charge on any atom is -0.457 e. The molecule has 2 aliphatic heterocycles. The number of nitrogens with one attached hydrogen (secondary N) is 1. The second-order valence-electron chi connectivity index (χ2n) is 6.32. The standard InChI is InChI=1S/C18H17BrN2O4S/c19-12-3-5-13(6-4-12)26(23,24)20-17-15-11-25-18(22)14(15)7-8-16(17)21-9-1-2-10-21/h3-8,20H,1-2,9-11H2. The van der Waals surface area contributed by atoms with Crippen LogP contribution in [0.15, 0.2) is 45.8 Å². The summed E-state index contributed by atoms with van der Waals surface area (Å²) in [6.07, 6.45) is 2.12. The molecule has 0 spiro atoms. The number of cyclic esters (lactones) is 1. The van der Waals surface area contributed by atoms with Crippen LogP contribution in [0.5, 0.6) is 0 Å². The van der Waals surface area contributed by atoms with Gasteiger partial charge in [0.25, 0.3) is 10.0 Å². The first-order valence-corrected chi connectivity index (χ1v) is 10.6. The molecule has 26 heavy (non-hydrogen) atoms. The molecule has 6 nitrogen and oxygen atoms in total. The van der Waals surface area contributed by atoms with Crippen LogP contribution in [0.1, 0.15) is 28.8 Å². The Morgan fingerprint density at radius 1 is 1.04 bits per heavy atom. The van der Waals surface area contributed by atoms with Crippen molar-refractivity contribution in [1.82, 2.24) is 0 Å². The molecule has 0 radical (unpaired) electrons. The molecule has 136 valence electrons. The molecule has 0 atom stereocenters. The highest BCUT2D eigenvalue weighted by atomic mass is 79.9. The lowest BCUT2D eigenvalue weighted by molar-refractivity contribution is 0.0535. The zero-order chi connectivity index (χ0) is 18.3. The van der Waals surface area contributed by atoms with Gasteiger partial charge >= 0.3 is 5.97 Å². The van der Waals surface area contributed by atoms with Gasteiger partial charge in [0.05, 0.1) is 21.8 Å². The first-order chi connectivity index (χ1) is 12.5. The van der Waals surface area contributed by atoms with Crippen LogP contribution in [-0.4, -0.2) is 27.5 Å². The molecule has 0 unspecified atom stereocenters. The molecule has 2 aliphatic rings. The zero-order valence-corrected chi connectivity index (χ0v) is 16.3. The minimum atomic E-state index is -3.79. The SMILES string of the molecule is O=C1OCc2c1ccc(N1CCCC1)c2NS(=O)(=O)c1ccc(Br)cc1. The number of halogens is 1. The summed E-state index contributed by atoms with van der Waals surface area (Å²) in [5, 5.41) is 0. The van der Waals surface area contributed by atoms with E-state index >= 15 is 0 Å². The fourth-order valence-electron chi connectivity index (χ4n) is 3.33. The smallest absolute Gasteiger partial charge is 0.338 e. The summed E-state index contributed by atoms with van der Waals surface area (Å²) in [5.74, 6) is -0.419. The summed E-state index contributed by atoms with van der Waals surface area (Å²) in [5.41, 5.74) is 2.25. The van der Waals surface area contributed by atoms with E-state index in [-0.39, 0.29) is 11.5 Å². The maximum absolute atomic E-state index is 12.9. The summed E-state index contributed by atoms with van der Waals surface area (Å²) in [6, 6.07) is 9.95. The van der Waals surface area contributed by atoms with E-state index in [1.165, 1.54) is 12.1 Å². The van der Waals surface area contributed by atoms with Crippen molar-refractivity contribution in [3.8, 4) is 0 Å². The number of benzene rings is 2. The number of sulfonamides is 1. The lowest BCUT2D eigenvalue weighted by Gasteiger charge is -2.23. The van der Waals surface area contributed by atoms with Gasteiger partial charge in [0.15, 0.2) is 0 Å². The molecule has 0 saturated carbocycles. The van der Waals surface area contributed by atoms with Gasteiger partial charge in [-0.3, -0.25) is 4.72 Å². The zero-order valence-electron chi connectivity index (χ0n) is 13.9. The number of ether oxygens (including phenoxy) is 1. The van der Waals surface area contributed by atoms with Gasteiger partial charge in [-0.1, -0.05) is 15.9 Å². The Kier molecular flexibility index (Phi) is 4.40. The third-order valence-electron chi connectivity index (χ3n) is 4.67. The molecule has 1 saturated heterocycles. The predicted molar refractivity (Wildman–Crippen MR) is 102 cm³/mol. The quantitative estimate of drug-likeness (QED) is 0.741. The summed E-state index contributed by atoms with van der Waals surface area (Å²) >= 11 is 3.31. The van der Waals surface area contributed by atoms with Crippen LogP contribution in [0.2, 0.25) is 0 Å². The maximum Gasteiger partial charge on any atom is 0.338 e. The van der Waals surface area contributed by atoms with E-state index in [1.807, 2.05) is 0 Å². The van der Waals surface area contributed by atoms with Crippen LogP contribution >= 0.6 is 15.9 Å². The number of esters is 1. The fourth-order valence-corrected chi connectivity index (χ4v) is 4.71. The van der Waals surface area contributed by atoms with Crippen molar-refractivity contribution in [3.05, 3.63) is 52.0 Å². The van der Waals surface area contributed by atoms with Crippen LogP contribution < -0.4 is 9.62 Å². The van der Waals surface area contributed by atoms with Gasteiger partial charge in [0, 0.05) is 23.1 Å². The number of hydrogen-bond donors (Lipinski definition) is 1. The third kappa shape index (κ3) is 3.07. The van der Waals surface area contributed by atoms with E-state index in [0.29, 0.717) is 16.8 Å². The van der Waals surface area contributed by atoms with Gasteiger partial charge in [-0.2, -0.15) is 0 Å². The number of rotatable bonds is 4. The van der Waals surface area contributed by atoms with E-state index in [0.717, 1.165) is 36.1 Å². The molecule has 0 aliphatic carbocycles. The van der Waals surface area contributed by atoms with E-state index in [1.54, 1.807) is 24.3 Å². The molecule has 4 rings (SSSR count). The van der Waals surface area contributed by atoms with Crippen LogP contribution in [0, 0.1) is 0 Å².